The highest BCUT2D eigenvalue weighted by Gasteiger charge is 2.34. The minimum Gasteiger partial charge on any atom is -0.481 e. The molecule has 1 aliphatic rings. The molecule has 1 aromatic rings. The number of benzene rings is 1. The van der Waals surface area contributed by atoms with Crippen molar-refractivity contribution in [1.82, 2.24) is 5.32 Å². The Bertz CT molecular complexity index is 436. The van der Waals surface area contributed by atoms with E-state index in [0.29, 0.717) is 6.42 Å². The second-order valence-electron chi connectivity index (χ2n) is 5.58. The summed E-state index contributed by atoms with van der Waals surface area (Å²) in [6, 6.07) is 8.69. The van der Waals surface area contributed by atoms with E-state index < -0.39 is 5.97 Å². The predicted octanol–water partition coefficient (Wildman–Crippen LogP) is 3.22. The number of hydrogen-bond donors (Lipinski definition) is 2. The summed E-state index contributed by atoms with van der Waals surface area (Å²) in [5, 5.41) is 12.3. The summed E-state index contributed by atoms with van der Waals surface area (Å²) in [5.74, 6) is -0.710. The van der Waals surface area contributed by atoms with Gasteiger partial charge < -0.3 is 10.4 Å². The Kier molecular flexibility index (Phi) is 4.59. The number of nitrogens with one attached hydrogen (secondary N) is 1. The van der Waals surface area contributed by atoms with Crippen LogP contribution in [0.25, 0.3) is 0 Å². The van der Waals surface area contributed by atoms with Gasteiger partial charge in [0.05, 0.1) is 0 Å². The van der Waals surface area contributed by atoms with E-state index in [1.54, 1.807) is 0 Å². The van der Waals surface area contributed by atoms with Crippen molar-refractivity contribution in [2.45, 2.75) is 51.0 Å². The molecule has 0 atom stereocenters. The van der Waals surface area contributed by atoms with E-state index in [1.807, 2.05) is 0 Å². The van der Waals surface area contributed by atoms with Gasteiger partial charge in [-0.25, -0.2) is 0 Å². The average Bonchev–Trinajstić information content (AvgIpc) is 2.84. The summed E-state index contributed by atoms with van der Waals surface area (Å²) in [5.41, 5.74) is 2.72. The third-order valence-electron chi connectivity index (χ3n) is 4.06. The SMILES string of the molecule is Cc1cccc(C2(NCCCC(=O)O)CCCC2)c1. The van der Waals surface area contributed by atoms with Gasteiger partial charge in [0.25, 0.3) is 0 Å². The first-order valence-electron chi connectivity index (χ1n) is 7.16. The maximum Gasteiger partial charge on any atom is 0.303 e. The first-order valence-corrected chi connectivity index (χ1v) is 7.16. The van der Waals surface area contributed by atoms with Crippen LogP contribution in [0, 0.1) is 6.92 Å². The lowest BCUT2D eigenvalue weighted by atomic mass is 9.87. The molecule has 3 nitrogen and oxygen atoms in total. The Hall–Kier alpha value is -1.35. The summed E-state index contributed by atoms with van der Waals surface area (Å²) in [6.07, 6.45) is 5.76. The van der Waals surface area contributed by atoms with E-state index in [4.69, 9.17) is 5.11 Å². The van der Waals surface area contributed by atoms with Crippen LogP contribution in [0.4, 0.5) is 0 Å². The van der Waals surface area contributed by atoms with E-state index in [9.17, 15) is 4.79 Å². The normalized spacial score (nSPS) is 17.5. The molecular formula is C16H23NO2. The highest BCUT2D eigenvalue weighted by atomic mass is 16.4. The highest BCUT2D eigenvalue weighted by molar-refractivity contribution is 5.66. The molecule has 0 spiro atoms. The molecule has 1 aliphatic carbocycles. The Morgan fingerprint density at radius 3 is 2.74 bits per heavy atom. The van der Waals surface area contributed by atoms with Gasteiger partial charge in [0.1, 0.15) is 0 Å². The molecule has 0 unspecified atom stereocenters. The number of carboxylic acid groups (broad SMARTS) is 1. The zero-order chi connectivity index (χ0) is 13.7. The molecule has 0 aliphatic heterocycles. The topological polar surface area (TPSA) is 49.3 Å². The van der Waals surface area contributed by atoms with Crippen molar-refractivity contribution in [3.63, 3.8) is 0 Å². The van der Waals surface area contributed by atoms with Gasteiger partial charge in [-0.05, 0) is 38.3 Å². The number of hydrogen-bond acceptors (Lipinski definition) is 2. The molecule has 0 radical (unpaired) electrons. The Labute approximate surface area is 115 Å². The van der Waals surface area contributed by atoms with E-state index in [0.717, 1.165) is 19.4 Å². The van der Waals surface area contributed by atoms with Crippen molar-refractivity contribution in [2.24, 2.45) is 0 Å². The maximum atomic E-state index is 10.6. The van der Waals surface area contributed by atoms with Crippen LogP contribution >= 0.6 is 0 Å². The van der Waals surface area contributed by atoms with E-state index in [-0.39, 0.29) is 12.0 Å². The molecule has 1 fully saturated rings. The zero-order valence-corrected chi connectivity index (χ0v) is 11.6. The Morgan fingerprint density at radius 2 is 2.11 bits per heavy atom. The van der Waals surface area contributed by atoms with Gasteiger partial charge >= 0.3 is 5.97 Å². The summed E-state index contributed by atoms with van der Waals surface area (Å²) in [7, 11) is 0. The largest absolute Gasteiger partial charge is 0.481 e. The van der Waals surface area contributed by atoms with Gasteiger partial charge in [0.15, 0.2) is 0 Å². The third kappa shape index (κ3) is 3.57. The van der Waals surface area contributed by atoms with Gasteiger partial charge in [-0.3, -0.25) is 4.79 Å². The Balaban J connectivity index is 2.03. The molecule has 2 rings (SSSR count). The summed E-state index contributed by atoms with van der Waals surface area (Å²) in [6.45, 7) is 2.90. The van der Waals surface area contributed by atoms with Crippen LogP contribution in [-0.4, -0.2) is 17.6 Å². The molecule has 0 bridgehead atoms. The molecular weight excluding hydrogens is 238 g/mol. The summed E-state index contributed by atoms with van der Waals surface area (Å²) < 4.78 is 0. The van der Waals surface area contributed by atoms with Crippen LogP contribution in [-0.2, 0) is 10.3 Å². The lowest BCUT2D eigenvalue weighted by molar-refractivity contribution is -0.137. The van der Waals surface area contributed by atoms with Crippen LogP contribution in [0.5, 0.6) is 0 Å². The molecule has 0 amide bonds. The van der Waals surface area contributed by atoms with Crippen molar-refractivity contribution < 1.29 is 9.90 Å². The van der Waals surface area contributed by atoms with Crippen molar-refractivity contribution >= 4 is 5.97 Å². The number of rotatable bonds is 6. The molecule has 0 heterocycles. The highest BCUT2D eigenvalue weighted by Crippen LogP contribution is 2.38. The van der Waals surface area contributed by atoms with Gasteiger partial charge in [-0.2, -0.15) is 0 Å². The molecule has 1 saturated carbocycles. The second-order valence-corrected chi connectivity index (χ2v) is 5.58. The number of aryl methyl sites for hydroxylation is 1. The first kappa shape index (κ1) is 14.1. The quantitative estimate of drug-likeness (QED) is 0.773. The van der Waals surface area contributed by atoms with Gasteiger partial charge in [-0.15, -0.1) is 0 Å². The number of aliphatic carboxylic acids is 1. The van der Waals surface area contributed by atoms with Crippen LogP contribution in [0.3, 0.4) is 0 Å². The zero-order valence-electron chi connectivity index (χ0n) is 11.6. The van der Waals surface area contributed by atoms with Gasteiger partial charge in [-0.1, -0.05) is 42.7 Å². The van der Waals surface area contributed by atoms with Crippen LogP contribution in [0.2, 0.25) is 0 Å². The predicted molar refractivity (Wildman–Crippen MR) is 76.2 cm³/mol. The molecule has 2 N–H and O–H groups in total. The molecule has 1 aromatic carbocycles. The summed E-state index contributed by atoms with van der Waals surface area (Å²) >= 11 is 0. The molecule has 19 heavy (non-hydrogen) atoms. The van der Waals surface area contributed by atoms with Crippen LogP contribution in [0.15, 0.2) is 24.3 Å². The van der Waals surface area contributed by atoms with Crippen molar-refractivity contribution in [2.75, 3.05) is 6.54 Å². The fraction of sp³-hybridized carbons (Fsp3) is 0.562. The van der Waals surface area contributed by atoms with Gasteiger partial charge in [0.2, 0.25) is 0 Å². The first-order chi connectivity index (χ1) is 9.12. The van der Waals surface area contributed by atoms with Crippen molar-refractivity contribution in [3.05, 3.63) is 35.4 Å². The third-order valence-corrected chi connectivity index (χ3v) is 4.06. The van der Waals surface area contributed by atoms with E-state index in [2.05, 4.69) is 36.5 Å². The lowest BCUT2D eigenvalue weighted by Gasteiger charge is -2.31. The fourth-order valence-corrected chi connectivity index (χ4v) is 3.06. The van der Waals surface area contributed by atoms with Crippen molar-refractivity contribution in [1.29, 1.82) is 0 Å². The molecule has 0 saturated heterocycles. The number of carbonyl (C=O) groups is 1. The lowest BCUT2D eigenvalue weighted by Crippen LogP contribution is -2.40. The fourth-order valence-electron chi connectivity index (χ4n) is 3.06. The minimum absolute atomic E-state index is 0.0739. The van der Waals surface area contributed by atoms with E-state index in [1.165, 1.54) is 24.0 Å². The molecule has 3 heteroatoms. The monoisotopic (exact) mass is 261 g/mol. The number of carboxylic acids is 1. The van der Waals surface area contributed by atoms with E-state index >= 15 is 0 Å². The standard InChI is InChI=1S/C16H23NO2/c1-13-6-4-7-14(12-13)16(9-2-3-10-16)17-11-5-8-15(18)19/h4,6-7,12,17H,2-3,5,8-11H2,1H3,(H,18,19). The van der Waals surface area contributed by atoms with Crippen LogP contribution in [0.1, 0.15) is 49.7 Å². The van der Waals surface area contributed by atoms with Crippen LogP contribution < -0.4 is 5.32 Å². The molecule has 104 valence electrons. The maximum absolute atomic E-state index is 10.6. The van der Waals surface area contributed by atoms with Crippen molar-refractivity contribution in [3.8, 4) is 0 Å². The smallest absolute Gasteiger partial charge is 0.303 e. The van der Waals surface area contributed by atoms with Gasteiger partial charge in [0, 0.05) is 12.0 Å². The molecule has 0 aromatic heterocycles. The minimum atomic E-state index is -0.710. The summed E-state index contributed by atoms with van der Waals surface area (Å²) in [4.78, 5) is 10.6. The Morgan fingerprint density at radius 1 is 1.37 bits per heavy atom. The average molecular weight is 261 g/mol. The second kappa shape index (κ2) is 6.20.